The number of amides is 5. The standard InChI is InChI=1S/C41H52N6O8/c1-24-37(48)43-26(3)41(52)47(6)34(20-28-9-14-31(53-7)15-10-28)39(50)44-25(2)40(51)46(5)30-19-27-11-16-32(17-12-27)55-36-22-29(13-18-35(36)54-8)21-33(38(49)42-24)45(4)23-30/h9-18,22,24-26,30,33-34H,19-21,23H2,1-8H3,(H,42,49)(H,43,48)(H,44,50)/t24-,25+,26+,30+,33+,34+/m1/s1. The SMILES string of the molecule is COc1ccc(C[C@H]2C(=O)N[C@@H](C)C(=O)N(C)[C@H]3Cc4ccc(cc4)Oc4cc(ccc4OC)C[C@@H](C(=O)N[C@H](C)C(=O)N[C@@H](C)C(=O)N2C)N(C)C3)cc1. The van der Waals surface area contributed by atoms with Crippen LogP contribution < -0.4 is 30.2 Å². The first-order valence-electron chi connectivity index (χ1n) is 18.4. The Kier molecular flexibility index (Phi) is 13.0. The molecule has 14 heteroatoms. The molecule has 6 bridgehead atoms. The molecule has 5 amide bonds. The monoisotopic (exact) mass is 756 g/mol. The van der Waals surface area contributed by atoms with Crippen LogP contribution >= 0.6 is 0 Å². The Bertz CT molecular complexity index is 1870. The fourth-order valence-corrected chi connectivity index (χ4v) is 6.96. The van der Waals surface area contributed by atoms with Gasteiger partial charge < -0.3 is 40.0 Å². The molecular formula is C41H52N6O8. The molecule has 3 aromatic carbocycles. The van der Waals surface area contributed by atoms with E-state index in [1.54, 1.807) is 77.4 Å². The number of hydrogen-bond acceptors (Lipinski definition) is 9. The molecule has 0 aliphatic carbocycles. The van der Waals surface area contributed by atoms with E-state index in [2.05, 4.69) is 16.0 Å². The summed E-state index contributed by atoms with van der Waals surface area (Å²) in [5.41, 5.74) is 2.45. The summed E-state index contributed by atoms with van der Waals surface area (Å²) >= 11 is 0. The Morgan fingerprint density at radius 2 is 1.27 bits per heavy atom. The van der Waals surface area contributed by atoms with Gasteiger partial charge in [0.05, 0.1) is 20.3 Å². The second-order valence-corrected chi connectivity index (χ2v) is 14.4. The maximum atomic E-state index is 14.2. The van der Waals surface area contributed by atoms with Crippen molar-refractivity contribution in [1.82, 2.24) is 30.7 Å². The van der Waals surface area contributed by atoms with Crippen LogP contribution in [0.1, 0.15) is 37.5 Å². The lowest BCUT2D eigenvalue weighted by molar-refractivity contribution is -0.143. The van der Waals surface area contributed by atoms with Crippen LogP contribution in [0.25, 0.3) is 0 Å². The Labute approximate surface area is 322 Å². The van der Waals surface area contributed by atoms with Crippen molar-refractivity contribution in [2.24, 2.45) is 0 Å². The van der Waals surface area contributed by atoms with Crippen LogP contribution in [0.15, 0.2) is 66.7 Å². The molecule has 14 nitrogen and oxygen atoms in total. The molecule has 0 spiro atoms. The first kappa shape index (κ1) is 40.6. The molecule has 3 aliphatic rings. The summed E-state index contributed by atoms with van der Waals surface area (Å²) in [6.07, 6.45) is 0.789. The van der Waals surface area contributed by atoms with Gasteiger partial charge in [0.25, 0.3) is 0 Å². The summed E-state index contributed by atoms with van der Waals surface area (Å²) in [6.45, 7) is 4.96. The number of ether oxygens (including phenoxy) is 3. The number of fused-ring (bicyclic) bond motifs is 2. The van der Waals surface area contributed by atoms with Crippen molar-refractivity contribution in [2.45, 2.75) is 76.3 Å². The Morgan fingerprint density at radius 3 is 1.91 bits per heavy atom. The quantitative estimate of drug-likeness (QED) is 0.364. The molecule has 1 saturated heterocycles. The highest BCUT2D eigenvalue weighted by atomic mass is 16.5. The predicted octanol–water partition coefficient (Wildman–Crippen LogP) is 2.32. The molecule has 3 aliphatic heterocycles. The number of rotatable bonds is 4. The number of likely N-dealkylation sites (N-methyl/N-ethyl adjacent to an activating group) is 3. The van der Waals surface area contributed by atoms with Crippen LogP contribution in [0.2, 0.25) is 0 Å². The van der Waals surface area contributed by atoms with E-state index < -0.39 is 59.9 Å². The number of nitrogens with zero attached hydrogens (tertiary/aromatic N) is 3. The third kappa shape index (κ3) is 9.73. The lowest BCUT2D eigenvalue weighted by Gasteiger charge is -2.37. The summed E-state index contributed by atoms with van der Waals surface area (Å²) in [4.78, 5) is 74.5. The number of nitrogens with one attached hydrogen (secondary N) is 3. The molecule has 55 heavy (non-hydrogen) atoms. The number of methoxy groups -OCH3 is 2. The van der Waals surface area contributed by atoms with Crippen molar-refractivity contribution < 1.29 is 38.2 Å². The highest BCUT2D eigenvalue weighted by Crippen LogP contribution is 2.33. The number of hydrogen-bond donors (Lipinski definition) is 3. The van der Waals surface area contributed by atoms with Gasteiger partial charge in [0.2, 0.25) is 29.5 Å². The van der Waals surface area contributed by atoms with Gasteiger partial charge in [-0.1, -0.05) is 30.3 Å². The summed E-state index contributed by atoms with van der Waals surface area (Å²) in [5.74, 6) is -0.155. The third-order valence-electron chi connectivity index (χ3n) is 10.4. The number of carbonyl (C=O) groups excluding carboxylic acids is 5. The van der Waals surface area contributed by atoms with E-state index in [9.17, 15) is 24.0 Å². The molecule has 1 fully saturated rings. The van der Waals surface area contributed by atoms with Gasteiger partial charge >= 0.3 is 0 Å². The zero-order valence-corrected chi connectivity index (χ0v) is 32.8. The molecule has 0 saturated carbocycles. The first-order chi connectivity index (χ1) is 26.2. The first-order valence-corrected chi connectivity index (χ1v) is 18.4. The molecule has 3 heterocycles. The third-order valence-corrected chi connectivity index (χ3v) is 10.4. The van der Waals surface area contributed by atoms with Crippen molar-refractivity contribution in [2.75, 3.05) is 41.9 Å². The summed E-state index contributed by atoms with van der Waals surface area (Å²) in [5, 5.41) is 8.43. The maximum absolute atomic E-state index is 14.2. The Balaban J connectivity index is 1.54. The van der Waals surface area contributed by atoms with Gasteiger partial charge in [-0.25, -0.2) is 0 Å². The topological polar surface area (TPSA) is 159 Å². The van der Waals surface area contributed by atoms with Gasteiger partial charge in [-0.05, 0) is 93.7 Å². The zero-order valence-electron chi connectivity index (χ0n) is 32.8. The second kappa shape index (κ2) is 17.7. The molecule has 0 aromatic heterocycles. The van der Waals surface area contributed by atoms with Crippen LogP contribution in [0.4, 0.5) is 0 Å². The second-order valence-electron chi connectivity index (χ2n) is 14.4. The van der Waals surface area contributed by atoms with E-state index in [1.807, 2.05) is 41.3 Å². The molecular weight excluding hydrogens is 704 g/mol. The average molecular weight is 757 g/mol. The average Bonchev–Trinajstić information content (AvgIpc) is 3.17. The Morgan fingerprint density at radius 1 is 0.673 bits per heavy atom. The van der Waals surface area contributed by atoms with Gasteiger partial charge in [-0.2, -0.15) is 0 Å². The molecule has 0 radical (unpaired) electrons. The van der Waals surface area contributed by atoms with Gasteiger partial charge in [0, 0.05) is 33.1 Å². The highest BCUT2D eigenvalue weighted by Gasteiger charge is 2.36. The van der Waals surface area contributed by atoms with Crippen LogP contribution in [0.5, 0.6) is 23.0 Å². The van der Waals surface area contributed by atoms with E-state index >= 15 is 0 Å². The van der Waals surface area contributed by atoms with Gasteiger partial charge in [-0.15, -0.1) is 0 Å². The molecule has 6 rings (SSSR count). The minimum atomic E-state index is -1.04. The van der Waals surface area contributed by atoms with Crippen molar-refractivity contribution >= 4 is 29.5 Å². The predicted molar refractivity (Wildman–Crippen MR) is 206 cm³/mol. The summed E-state index contributed by atoms with van der Waals surface area (Å²) in [7, 11) is 8.10. The van der Waals surface area contributed by atoms with Gasteiger partial charge in [-0.3, -0.25) is 28.9 Å². The highest BCUT2D eigenvalue weighted by molar-refractivity contribution is 5.95. The van der Waals surface area contributed by atoms with Gasteiger partial charge in [0.15, 0.2) is 11.5 Å². The fourth-order valence-electron chi connectivity index (χ4n) is 6.96. The van der Waals surface area contributed by atoms with Crippen LogP contribution in [0.3, 0.4) is 0 Å². The summed E-state index contributed by atoms with van der Waals surface area (Å²) < 4.78 is 17.1. The zero-order chi connectivity index (χ0) is 40.0. The van der Waals surface area contributed by atoms with E-state index in [0.29, 0.717) is 29.4 Å². The Hall–Kier alpha value is -5.63. The van der Waals surface area contributed by atoms with Crippen LogP contribution in [-0.2, 0) is 43.2 Å². The van der Waals surface area contributed by atoms with Crippen LogP contribution in [0, 0.1) is 0 Å². The molecule has 3 aromatic rings. The van der Waals surface area contributed by atoms with E-state index in [0.717, 1.165) is 16.7 Å². The maximum Gasteiger partial charge on any atom is 0.245 e. The van der Waals surface area contributed by atoms with Crippen molar-refractivity contribution in [3.63, 3.8) is 0 Å². The van der Waals surface area contributed by atoms with Crippen molar-refractivity contribution in [3.8, 4) is 23.0 Å². The number of carbonyl (C=O) groups is 5. The van der Waals surface area contributed by atoms with E-state index in [1.165, 1.54) is 18.9 Å². The molecule has 294 valence electrons. The lowest BCUT2D eigenvalue weighted by Crippen LogP contribution is -2.60. The smallest absolute Gasteiger partial charge is 0.245 e. The summed E-state index contributed by atoms with van der Waals surface area (Å²) in [6, 6.07) is 14.9. The van der Waals surface area contributed by atoms with Crippen molar-refractivity contribution in [1.29, 1.82) is 0 Å². The van der Waals surface area contributed by atoms with Crippen molar-refractivity contribution in [3.05, 3.63) is 83.4 Å². The largest absolute Gasteiger partial charge is 0.497 e. The molecule has 3 N–H and O–H groups in total. The minimum Gasteiger partial charge on any atom is -0.497 e. The van der Waals surface area contributed by atoms with E-state index in [-0.39, 0.29) is 25.3 Å². The number of benzene rings is 3. The van der Waals surface area contributed by atoms with Crippen LogP contribution in [-0.4, -0.2) is 122 Å². The molecule has 6 atom stereocenters. The van der Waals surface area contributed by atoms with Gasteiger partial charge in [0.1, 0.15) is 35.7 Å². The fraction of sp³-hybridized carbons (Fsp3) is 0.439. The minimum absolute atomic E-state index is 0.131. The molecule has 0 unspecified atom stereocenters. The normalized spacial score (nSPS) is 24.8. The lowest BCUT2D eigenvalue weighted by atomic mass is 9.99. The van der Waals surface area contributed by atoms with E-state index in [4.69, 9.17) is 14.2 Å².